The number of nitrogens with zero attached hydrogens (tertiary/aromatic N) is 5. The van der Waals surface area contributed by atoms with E-state index in [-0.39, 0.29) is 17.6 Å². The monoisotopic (exact) mass is 625 g/mol. The van der Waals surface area contributed by atoms with Crippen LogP contribution in [0, 0.1) is 10.5 Å². The summed E-state index contributed by atoms with van der Waals surface area (Å²) < 4.78 is 3.55. The van der Waals surface area contributed by atoms with Gasteiger partial charge >= 0.3 is 11.8 Å². The van der Waals surface area contributed by atoms with Gasteiger partial charge in [-0.1, -0.05) is 13.8 Å². The number of rotatable bonds is 3. The summed E-state index contributed by atoms with van der Waals surface area (Å²) in [7, 11) is 0. The molecule has 2 aromatic heterocycles. The molecule has 8 nitrogen and oxygen atoms in total. The first-order chi connectivity index (χ1) is 15.6. The van der Waals surface area contributed by atoms with Crippen molar-refractivity contribution in [3.63, 3.8) is 0 Å². The molecule has 1 aliphatic heterocycles. The van der Waals surface area contributed by atoms with Gasteiger partial charge in [-0.25, -0.2) is 9.59 Å². The second-order valence-corrected chi connectivity index (χ2v) is 10.6. The van der Waals surface area contributed by atoms with E-state index in [1.165, 1.54) is 4.90 Å². The molecule has 1 saturated heterocycles. The number of halogens is 2. The zero-order chi connectivity index (χ0) is 24.0. The molecule has 3 heterocycles. The Labute approximate surface area is 213 Å². The predicted octanol–water partition coefficient (Wildman–Crippen LogP) is 4.77. The minimum Gasteiger partial charge on any atom is -0.465 e. The fraction of sp³-hybridized carbons (Fsp3) is 0.391. The van der Waals surface area contributed by atoms with Gasteiger partial charge in [0.1, 0.15) is 5.82 Å². The molecule has 0 aliphatic carbocycles. The van der Waals surface area contributed by atoms with E-state index in [0.29, 0.717) is 25.5 Å². The number of anilines is 1. The molecule has 1 aromatic carbocycles. The van der Waals surface area contributed by atoms with Gasteiger partial charge in [0.25, 0.3) is 0 Å². The number of benzene rings is 1. The number of aryl methyl sites for hydroxylation is 1. The minimum atomic E-state index is -0.930. The smallest absolute Gasteiger partial charge is 0.407 e. The maximum atomic E-state index is 13.6. The van der Waals surface area contributed by atoms with Crippen molar-refractivity contribution in [2.45, 2.75) is 39.7 Å². The molecule has 1 amide bonds. The summed E-state index contributed by atoms with van der Waals surface area (Å²) in [6.07, 6.45) is 0.841. The first kappa shape index (κ1) is 23.9. The topological polar surface area (TPSA) is 91.6 Å². The number of aromatic nitrogens is 3. The SMILES string of the molecule is Cc1nccc(C(C)C)c1-n1c(=O)nc(N2CCN(C(=O)O)C[C@@H]2C)c2cc(Br)c(I)cc21. The Hall–Kier alpha value is -2.21. The zero-order valence-corrected chi connectivity index (χ0v) is 22.6. The summed E-state index contributed by atoms with van der Waals surface area (Å²) in [5.41, 5.74) is 2.94. The van der Waals surface area contributed by atoms with Crippen LogP contribution in [0.25, 0.3) is 16.6 Å². The van der Waals surface area contributed by atoms with Gasteiger partial charge in [0, 0.05) is 45.3 Å². The lowest BCUT2D eigenvalue weighted by atomic mass is 10.0. The molecule has 1 N–H and O–H groups in total. The third-order valence-corrected chi connectivity index (χ3v) is 8.36. The van der Waals surface area contributed by atoms with Crippen LogP contribution in [0.3, 0.4) is 0 Å². The van der Waals surface area contributed by atoms with Crippen molar-refractivity contribution < 1.29 is 9.90 Å². The average Bonchev–Trinajstić information content (AvgIpc) is 2.75. The zero-order valence-electron chi connectivity index (χ0n) is 18.8. The fourth-order valence-corrected chi connectivity index (χ4v) is 5.21. The molecule has 174 valence electrons. The summed E-state index contributed by atoms with van der Waals surface area (Å²) in [5.74, 6) is 0.774. The summed E-state index contributed by atoms with van der Waals surface area (Å²) in [6, 6.07) is 5.81. The number of carboxylic acid groups (broad SMARTS) is 1. The molecule has 1 aliphatic rings. The largest absolute Gasteiger partial charge is 0.465 e. The van der Waals surface area contributed by atoms with E-state index in [1.807, 2.05) is 36.9 Å². The molecule has 0 unspecified atom stereocenters. The summed E-state index contributed by atoms with van der Waals surface area (Å²) in [5, 5.41) is 10.2. The van der Waals surface area contributed by atoms with Gasteiger partial charge in [0.2, 0.25) is 0 Å². The first-order valence-corrected chi connectivity index (χ1v) is 12.6. The fourth-order valence-electron chi connectivity index (χ4n) is 4.42. The Morgan fingerprint density at radius 3 is 2.67 bits per heavy atom. The molecule has 4 rings (SSSR count). The first-order valence-electron chi connectivity index (χ1n) is 10.7. The van der Waals surface area contributed by atoms with E-state index in [1.54, 1.807) is 10.8 Å². The Morgan fingerprint density at radius 2 is 2.03 bits per heavy atom. The van der Waals surface area contributed by atoms with Crippen molar-refractivity contribution in [2.75, 3.05) is 24.5 Å². The van der Waals surface area contributed by atoms with Crippen LogP contribution in [-0.2, 0) is 0 Å². The number of fused-ring (bicyclic) bond motifs is 1. The lowest BCUT2D eigenvalue weighted by Gasteiger charge is -2.39. The highest BCUT2D eigenvalue weighted by atomic mass is 127. The second-order valence-electron chi connectivity index (χ2n) is 8.60. The average molecular weight is 626 g/mol. The molecular formula is C23H25BrIN5O3. The Bertz CT molecular complexity index is 1310. The van der Waals surface area contributed by atoms with Gasteiger partial charge in [-0.15, -0.1) is 0 Å². The normalized spacial score (nSPS) is 16.6. The van der Waals surface area contributed by atoms with E-state index in [0.717, 1.165) is 35.9 Å². The second kappa shape index (κ2) is 9.21. The summed E-state index contributed by atoms with van der Waals surface area (Å²) >= 11 is 5.88. The van der Waals surface area contributed by atoms with E-state index in [2.05, 4.69) is 62.3 Å². The van der Waals surface area contributed by atoms with Crippen molar-refractivity contribution in [1.82, 2.24) is 19.4 Å². The maximum Gasteiger partial charge on any atom is 0.407 e. The van der Waals surface area contributed by atoms with Crippen LogP contribution in [0.15, 0.2) is 33.7 Å². The number of pyridine rings is 1. The van der Waals surface area contributed by atoms with Gasteiger partial charge in [-0.2, -0.15) is 4.98 Å². The van der Waals surface area contributed by atoms with Crippen LogP contribution in [0.4, 0.5) is 10.6 Å². The van der Waals surface area contributed by atoms with Crippen molar-refractivity contribution in [3.8, 4) is 5.69 Å². The van der Waals surface area contributed by atoms with E-state index >= 15 is 0 Å². The molecule has 0 saturated carbocycles. The summed E-state index contributed by atoms with van der Waals surface area (Å²) in [6.45, 7) is 9.23. The number of hydrogen-bond donors (Lipinski definition) is 1. The molecule has 33 heavy (non-hydrogen) atoms. The predicted molar refractivity (Wildman–Crippen MR) is 141 cm³/mol. The molecule has 0 radical (unpaired) electrons. The van der Waals surface area contributed by atoms with Gasteiger partial charge in [0.15, 0.2) is 0 Å². The molecule has 10 heteroatoms. The van der Waals surface area contributed by atoms with Crippen molar-refractivity contribution in [2.24, 2.45) is 0 Å². The highest BCUT2D eigenvalue weighted by Crippen LogP contribution is 2.34. The van der Waals surface area contributed by atoms with Gasteiger partial charge in [-0.3, -0.25) is 9.55 Å². The van der Waals surface area contributed by atoms with Gasteiger partial charge in [0.05, 0.1) is 16.9 Å². The molecular weight excluding hydrogens is 601 g/mol. The third kappa shape index (κ3) is 4.34. The van der Waals surface area contributed by atoms with Crippen LogP contribution in [0.2, 0.25) is 0 Å². The molecule has 0 spiro atoms. The Balaban J connectivity index is 1.99. The number of hydrogen-bond acceptors (Lipinski definition) is 5. The van der Waals surface area contributed by atoms with Crippen LogP contribution in [-0.4, -0.2) is 56.3 Å². The number of carbonyl (C=O) groups is 1. The van der Waals surface area contributed by atoms with Crippen molar-refractivity contribution in [3.05, 3.63) is 54.2 Å². The quantitative estimate of drug-likeness (QED) is 0.422. The van der Waals surface area contributed by atoms with Crippen LogP contribution in [0.5, 0.6) is 0 Å². The Morgan fingerprint density at radius 1 is 1.30 bits per heavy atom. The van der Waals surface area contributed by atoms with Crippen molar-refractivity contribution in [1.29, 1.82) is 0 Å². The lowest BCUT2D eigenvalue weighted by molar-refractivity contribution is 0.136. The Kier molecular flexibility index (Phi) is 6.68. The van der Waals surface area contributed by atoms with Gasteiger partial charge < -0.3 is 14.9 Å². The highest BCUT2D eigenvalue weighted by molar-refractivity contribution is 14.1. The molecule has 0 bridgehead atoms. The van der Waals surface area contributed by atoms with E-state index in [9.17, 15) is 14.7 Å². The van der Waals surface area contributed by atoms with Crippen LogP contribution >= 0.6 is 38.5 Å². The molecule has 3 aromatic rings. The minimum absolute atomic E-state index is 0.120. The van der Waals surface area contributed by atoms with Crippen LogP contribution in [0.1, 0.15) is 37.9 Å². The van der Waals surface area contributed by atoms with Crippen LogP contribution < -0.4 is 10.6 Å². The van der Waals surface area contributed by atoms with E-state index < -0.39 is 6.09 Å². The van der Waals surface area contributed by atoms with Gasteiger partial charge in [-0.05, 0) is 82.0 Å². The maximum absolute atomic E-state index is 13.6. The standard InChI is InChI=1S/C23H25BrIN5O3/c1-12(2)15-5-6-26-14(4)20(15)30-19-10-18(25)17(24)9-16(19)21(27-22(30)31)29-8-7-28(23(32)33)11-13(29)3/h5-6,9-10,12-13H,7-8,11H2,1-4H3,(H,32,33)/t13-/m0/s1. The number of piperazine rings is 1. The summed E-state index contributed by atoms with van der Waals surface area (Å²) in [4.78, 5) is 37.5. The highest BCUT2D eigenvalue weighted by Gasteiger charge is 2.30. The van der Waals surface area contributed by atoms with E-state index in [4.69, 9.17) is 0 Å². The lowest BCUT2D eigenvalue weighted by Crippen LogP contribution is -2.54. The third-order valence-electron chi connectivity index (χ3n) is 6.07. The number of amides is 1. The molecule has 1 fully saturated rings. The molecule has 1 atom stereocenters. The van der Waals surface area contributed by atoms with Crippen molar-refractivity contribution >= 4 is 61.3 Å².